The van der Waals surface area contributed by atoms with Crippen LogP contribution in [-0.4, -0.2) is 284 Å². The van der Waals surface area contributed by atoms with E-state index < -0.39 is 177 Å². The molecule has 0 aliphatic carbocycles. The third kappa shape index (κ3) is 24.8. The summed E-state index contributed by atoms with van der Waals surface area (Å²) in [6, 6.07) is -14.9. The molecule has 0 bridgehead atoms. The Kier molecular flexibility index (Phi) is 35.4. The Balaban J connectivity index is 3.17. The van der Waals surface area contributed by atoms with Gasteiger partial charge in [0.1, 0.15) is 76.3 Å². The van der Waals surface area contributed by atoms with Gasteiger partial charge in [-0.2, -0.15) is 0 Å². The molecule has 11 amide bonds. The molecule has 27 nitrogen and oxygen atoms in total. The largest absolute Gasteiger partial charge is 0.390 e. The summed E-state index contributed by atoms with van der Waals surface area (Å²) in [5, 5.41) is 23.3. The Hall–Kier alpha value is -6.26. The Morgan fingerprint density at radius 3 is 1.44 bits per heavy atom. The van der Waals surface area contributed by atoms with Crippen LogP contribution in [0.15, 0.2) is 12.2 Å². The molecular formula is C69H124N12O15S. The van der Waals surface area contributed by atoms with Crippen LogP contribution in [0.3, 0.4) is 0 Å². The van der Waals surface area contributed by atoms with Crippen molar-refractivity contribution < 1.29 is 71.0 Å². The van der Waals surface area contributed by atoms with E-state index in [0.717, 1.165) is 16.1 Å². The monoisotopic (exact) mass is 1390 g/mol. The van der Waals surface area contributed by atoms with Gasteiger partial charge in [0.05, 0.1) is 25.1 Å². The fraction of sp³-hybridized carbons (Fsp3) is 0.812. The Bertz CT molecular complexity index is 2810. The summed E-state index contributed by atoms with van der Waals surface area (Å²) in [7, 11) is 5.86. The zero-order valence-electron chi connectivity index (χ0n) is 63.0. The van der Waals surface area contributed by atoms with E-state index in [0.29, 0.717) is 39.3 Å². The average molecular weight is 1390 g/mol. The van der Waals surface area contributed by atoms with Gasteiger partial charge < -0.3 is 65.4 Å². The Labute approximate surface area is 579 Å². The second-order valence-electron chi connectivity index (χ2n) is 29.3. The number of hydrogen-bond acceptors (Lipinski definition) is 16. The van der Waals surface area contributed by atoms with Crippen molar-refractivity contribution in [2.45, 2.75) is 228 Å². The second kappa shape index (κ2) is 39.5. The first-order valence-corrected chi connectivity index (χ1v) is 36.8. The Morgan fingerprint density at radius 1 is 0.515 bits per heavy atom. The number of amides is 11. The lowest BCUT2D eigenvalue weighted by atomic mass is 9.91. The van der Waals surface area contributed by atoms with Gasteiger partial charge in [-0.25, -0.2) is 8.42 Å². The van der Waals surface area contributed by atoms with Crippen LogP contribution in [0.1, 0.15) is 156 Å². The molecule has 1 unspecified atom stereocenters. The van der Waals surface area contributed by atoms with Crippen molar-refractivity contribution >= 4 is 74.8 Å². The molecule has 0 aromatic heterocycles. The van der Waals surface area contributed by atoms with Gasteiger partial charge in [-0.3, -0.25) is 57.6 Å². The van der Waals surface area contributed by atoms with E-state index in [1.807, 2.05) is 41.5 Å². The molecule has 0 aromatic carbocycles. The molecule has 5 N–H and O–H groups in total. The van der Waals surface area contributed by atoms with Crippen LogP contribution in [0.2, 0.25) is 0 Å². The number of allylic oxidation sites excluding steroid dienone is 2. The van der Waals surface area contributed by atoms with Crippen molar-refractivity contribution in [2.75, 3.05) is 94.2 Å². The topological polar surface area (TPSA) is 325 Å². The maximum absolute atomic E-state index is 15.5. The minimum Gasteiger partial charge on any atom is -0.390 e. The second-order valence-corrected chi connectivity index (χ2v) is 31.5. The Morgan fingerprint density at radius 2 is 0.959 bits per heavy atom. The molecule has 2 heterocycles. The number of rotatable bonds is 20. The van der Waals surface area contributed by atoms with E-state index in [-0.39, 0.29) is 56.3 Å². The summed E-state index contributed by atoms with van der Waals surface area (Å²) in [6.07, 6.45) is 3.86. The molecule has 2 rings (SSSR count). The number of nitrogens with zero attached hydrogens (tertiary/aromatic N) is 8. The summed E-state index contributed by atoms with van der Waals surface area (Å²) in [5.74, 6) is -12.6. The smallest absolute Gasteiger partial charge is 0.246 e. The number of aliphatic hydroxyl groups is 1. The van der Waals surface area contributed by atoms with Crippen molar-refractivity contribution in [1.82, 2.24) is 60.5 Å². The third-order valence-corrected chi connectivity index (χ3v) is 19.9. The molecule has 28 heteroatoms. The lowest BCUT2D eigenvalue weighted by molar-refractivity contribution is -0.157. The van der Waals surface area contributed by atoms with Crippen LogP contribution in [0.25, 0.3) is 0 Å². The fourth-order valence-electron chi connectivity index (χ4n) is 12.9. The van der Waals surface area contributed by atoms with E-state index in [9.17, 15) is 32.7 Å². The van der Waals surface area contributed by atoms with Crippen LogP contribution in [-0.2, 0) is 67.3 Å². The maximum Gasteiger partial charge on any atom is 0.246 e. The molecule has 2 aliphatic rings. The first-order chi connectivity index (χ1) is 44.9. The molecule has 0 spiro atoms. The molecule has 0 saturated carbocycles. The highest BCUT2D eigenvalue weighted by Crippen LogP contribution is 2.27. The number of nitrogens with one attached hydrogen (secondary N) is 4. The normalized spacial score (nSPS) is 27.4. The predicted molar refractivity (Wildman–Crippen MR) is 373 cm³/mol. The fourth-order valence-corrected chi connectivity index (χ4v) is 14.1. The van der Waals surface area contributed by atoms with Gasteiger partial charge in [-0.15, -0.1) is 0 Å². The molecule has 556 valence electrons. The van der Waals surface area contributed by atoms with Crippen LogP contribution in [0, 0.1) is 41.4 Å². The summed E-state index contributed by atoms with van der Waals surface area (Å²) >= 11 is 0. The molecule has 2 aliphatic heterocycles. The standard InChI is InChI=1S/C69H124N12O15S/c1-25-27-29-45(13)58(82)57-62(86)72-49(26-2)64(88)74(17)50(30-28-31-81-32-34-96-35-33-81)65(89)79(22)56(46(14)39-97(24,94)95)61(85)73-54(43(9)10)68(92)75(18)51(36-40(3)4)60(84)70-47(15)59(83)71-48(16)63(87)76(19)52(37-41(5)6)66(90)77(20)53(38-42(7)8)67(91)78(21)55(44(11)12)69(93)80(57)23/h25,27,40-58,82H,26,28-39H2,1-24H3,(H,70,84)(H,71,83)(H,72,86)(H,73,85)/b27-25+/t45-,46-,47+,48-,49+,50-,51+,52+,53+,54+,55+,56+,57?,58-/m1/s1. The van der Waals surface area contributed by atoms with Crippen molar-refractivity contribution in [3.63, 3.8) is 0 Å². The van der Waals surface area contributed by atoms with Gasteiger partial charge >= 0.3 is 0 Å². The van der Waals surface area contributed by atoms with E-state index in [4.69, 9.17) is 4.74 Å². The first-order valence-electron chi connectivity index (χ1n) is 34.8. The summed E-state index contributed by atoms with van der Waals surface area (Å²) in [4.78, 5) is 175. The van der Waals surface area contributed by atoms with Crippen LogP contribution in [0.4, 0.5) is 0 Å². The summed E-state index contributed by atoms with van der Waals surface area (Å²) in [5.41, 5.74) is 0. The van der Waals surface area contributed by atoms with Crippen LogP contribution < -0.4 is 21.3 Å². The number of carbonyl (C=O) groups is 11. The zero-order chi connectivity index (χ0) is 74.6. The number of sulfone groups is 1. The van der Waals surface area contributed by atoms with E-state index in [1.54, 1.807) is 60.6 Å². The van der Waals surface area contributed by atoms with Crippen molar-refractivity contribution in [3.05, 3.63) is 12.2 Å². The quantitative estimate of drug-likeness (QED) is 0.109. The number of carbonyl (C=O) groups excluding carboxylic acids is 11. The average Bonchev–Trinajstić information content (AvgIpc) is 0.808. The summed E-state index contributed by atoms with van der Waals surface area (Å²) in [6.45, 7) is 29.9. The molecule has 0 radical (unpaired) electrons. The SMILES string of the molecule is C/C=C/C[C@@H](C)[C@@H](O)C1C(=O)N[C@@H](CC)C(=O)N(C)[C@H](CCCN2CCOCC2)C(=O)N(C)[C@@H]([C@H](C)CS(C)(=O)=O)C(=O)N[C@@H](C(C)C)C(=O)N(C)[C@@H](CC(C)C)C(=O)N[C@@H](C)C(=O)N[C@H](C)C(=O)N(C)[C@@H](CC(C)C)C(=O)N(C)[C@@H](CC(C)C)C(=O)N(C)[C@@H](C(C)C)C(=O)N1C. The van der Waals surface area contributed by atoms with Crippen molar-refractivity contribution in [3.8, 4) is 0 Å². The molecule has 14 atom stereocenters. The number of hydrogen-bond donors (Lipinski definition) is 5. The van der Waals surface area contributed by atoms with Gasteiger partial charge in [-0.1, -0.05) is 102 Å². The number of likely N-dealkylation sites (N-methyl/N-ethyl adjacent to an activating group) is 7. The number of morpholine rings is 1. The maximum atomic E-state index is 15.5. The lowest BCUT2D eigenvalue weighted by Gasteiger charge is -2.41. The highest BCUT2D eigenvalue weighted by molar-refractivity contribution is 7.90. The van der Waals surface area contributed by atoms with Crippen LogP contribution in [0.5, 0.6) is 0 Å². The van der Waals surface area contributed by atoms with Gasteiger partial charge in [0.15, 0.2) is 0 Å². The lowest BCUT2D eigenvalue weighted by Crippen LogP contribution is -2.64. The first kappa shape index (κ1) is 86.8. The zero-order valence-corrected chi connectivity index (χ0v) is 63.8. The number of aliphatic hydroxyl groups excluding tert-OH is 1. The van der Waals surface area contributed by atoms with E-state index in [2.05, 4.69) is 26.2 Å². The minimum absolute atomic E-state index is 0.0119. The van der Waals surface area contributed by atoms with Gasteiger partial charge in [0.2, 0.25) is 65.0 Å². The highest BCUT2D eigenvalue weighted by atomic mass is 32.2. The molecule has 97 heavy (non-hydrogen) atoms. The molecule has 0 aromatic rings. The molecule has 2 fully saturated rings. The summed E-state index contributed by atoms with van der Waals surface area (Å²) < 4.78 is 31.8. The molecule has 2 saturated heterocycles. The van der Waals surface area contributed by atoms with Crippen molar-refractivity contribution in [2.24, 2.45) is 41.4 Å². The highest BCUT2D eigenvalue weighted by Gasteiger charge is 2.47. The van der Waals surface area contributed by atoms with Gasteiger partial charge in [0, 0.05) is 68.7 Å². The van der Waals surface area contributed by atoms with E-state index >= 15 is 33.6 Å². The van der Waals surface area contributed by atoms with Gasteiger partial charge in [-0.05, 0) is 114 Å². The third-order valence-electron chi connectivity index (χ3n) is 18.8. The predicted octanol–water partition coefficient (Wildman–Crippen LogP) is 2.38. The minimum atomic E-state index is -3.85. The van der Waals surface area contributed by atoms with Crippen molar-refractivity contribution in [1.29, 1.82) is 0 Å². The molecular weight excluding hydrogens is 1270 g/mol. The van der Waals surface area contributed by atoms with Crippen LogP contribution >= 0.6 is 0 Å². The number of ether oxygens (including phenoxy) is 1. The van der Waals surface area contributed by atoms with E-state index in [1.165, 1.54) is 94.6 Å². The van der Waals surface area contributed by atoms with Gasteiger partial charge in [0.25, 0.3) is 0 Å².